The van der Waals surface area contributed by atoms with Gasteiger partial charge in [0.2, 0.25) is 0 Å². The van der Waals surface area contributed by atoms with Crippen LogP contribution in [0.5, 0.6) is 0 Å². The van der Waals surface area contributed by atoms with Crippen LogP contribution in [0.25, 0.3) is 39.1 Å². The lowest BCUT2D eigenvalue weighted by atomic mass is 10.0. The van der Waals surface area contributed by atoms with Crippen LogP contribution in [0.1, 0.15) is 0 Å². The van der Waals surface area contributed by atoms with E-state index < -0.39 is 28.8 Å². The summed E-state index contributed by atoms with van der Waals surface area (Å²) in [6, 6.07) is 14.6. The Hall–Kier alpha value is -3.68. The van der Waals surface area contributed by atoms with E-state index >= 15 is 0 Å². The number of hydrogen-bond acceptors (Lipinski definition) is 2. The van der Waals surface area contributed by atoms with E-state index in [0.29, 0.717) is 12.1 Å². The van der Waals surface area contributed by atoms with Crippen LogP contribution >= 0.6 is 23.2 Å². The maximum atomic E-state index is 14.8. The molecule has 3 aromatic carbocycles. The standard InChI is InChI=1S/C26H12Cl2F4N2O/c27-18-2-1-3-19(28)26(18)34-23-12-22(15-6-4-13(29)10-20(15)31)33-25(17(23)8-9-24(34)35)16-7-5-14(30)11-21(16)32/h1-12H. The number of hydrogen-bond donors (Lipinski definition) is 0. The Balaban J connectivity index is 1.96. The van der Waals surface area contributed by atoms with E-state index in [4.69, 9.17) is 23.2 Å². The number of para-hydroxylation sites is 1. The topological polar surface area (TPSA) is 34.9 Å². The van der Waals surface area contributed by atoms with Crippen LogP contribution in [0.4, 0.5) is 17.6 Å². The van der Waals surface area contributed by atoms with Gasteiger partial charge < -0.3 is 0 Å². The summed E-state index contributed by atoms with van der Waals surface area (Å²) >= 11 is 12.7. The van der Waals surface area contributed by atoms with Crippen molar-refractivity contribution in [3.63, 3.8) is 0 Å². The van der Waals surface area contributed by atoms with Gasteiger partial charge in [0.1, 0.15) is 23.3 Å². The highest BCUT2D eigenvalue weighted by atomic mass is 35.5. The first-order chi connectivity index (χ1) is 16.7. The molecule has 9 heteroatoms. The number of rotatable bonds is 3. The minimum atomic E-state index is -0.914. The second kappa shape index (κ2) is 8.83. The summed E-state index contributed by atoms with van der Waals surface area (Å²) < 4.78 is 57.9. The molecule has 2 aromatic heterocycles. The predicted octanol–water partition coefficient (Wildman–Crippen LogP) is 7.58. The maximum Gasteiger partial charge on any atom is 0.255 e. The third kappa shape index (κ3) is 4.07. The molecule has 5 aromatic rings. The largest absolute Gasteiger partial charge is 0.274 e. The summed E-state index contributed by atoms with van der Waals surface area (Å²) in [7, 11) is 0. The van der Waals surface area contributed by atoms with Crippen LogP contribution in [0, 0.1) is 23.3 Å². The second-order valence-corrected chi connectivity index (χ2v) is 8.43. The van der Waals surface area contributed by atoms with E-state index in [-0.39, 0.29) is 49.2 Å². The molecule has 0 aliphatic heterocycles. The Morgan fingerprint density at radius 1 is 0.714 bits per heavy atom. The van der Waals surface area contributed by atoms with Crippen LogP contribution in [0.3, 0.4) is 0 Å². The fourth-order valence-electron chi connectivity index (χ4n) is 3.89. The molecule has 2 heterocycles. The van der Waals surface area contributed by atoms with Crippen molar-refractivity contribution in [3.05, 3.63) is 116 Å². The molecule has 0 bridgehead atoms. The first kappa shape index (κ1) is 23.1. The fourth-order valence-corrected chi connectivity index (χ4v) is 4.46. The summed E-state index contributed by atoms with van der Waals surface area (Å²) in [6.45, 7) is 0. The van der Waals surface area contributed by atoms with Crippen molar-refractivity contribution in [2.45, 2.75) is 0 Å². The first-order valence-electron chi connectivity index (χ1n) is 10.2. The lowest BCUT2D eigenvalue weighted by Gasteiger charge is -2.17. The fraction of sp³-hybridized carbons (Fsp3) is 0. The SMILES string of the molecule is O=c1ccc2c(-c3ccc(F)cc3F)nc(-c3ccc(F)cc3F)cc2n1-c1c(Cl)cccc1Cl. The molecule has 0 atom stereocenters. The van der Waals surface area contributed by atoms with Gasteiger partial charge in [0.25, 0.3) is 5.56 Å². The summed E-state index contributed by atoms with van der Waals surface area (Å²) in [5.41, 5.74) is -0.364. The number of aromatic nitrogens is 2. The zero-order valence-corrected chi connectivity index (χ0v) is 19.0. The predicted molar refractivity (Wildman–Crippen MR) is 128 cm³/mol. The second-order valence-electron chi connectivity index (χ2n) is 7.61. The first-order valence-corrected chi connectivity index (χ1v) is 10.9. The van der Waals surface area contributed by atoms with Crippen LogP contribution in [0.2, 0.25) is 10.0 Å². The zero-order valence-electron chi connectivity index (χ0n) is 17.5. The van der Waals surface area contributed by atoms with Gasteiger partial charge in [-0.3, -0.25) is 9.36 Å². The molecule has 0 saturated heterocycles. The van der Waals surface area contributed by atoms with E-state index in [1.807, 2.05) is 0 Å². The van der Waals surface area contributed by atoms with Gasteiger partial charge in [0.15, 0.2) is 0 Å². The molecule has 0 radical (unpaired) electrons. The Kier molecular flexibility index (Phi) is 5.83. The smallest absolute Gasteiger partial charge is 0.255 e. The number of nitrogens with zero attached hydrogens (tertiary/aromatic N) is 2. The van der Waals surface area contributed by atoms with Gasteiger partial charge in [-0.2, -0.15) is 0 Å². The minimum Gasteiger partial charge on any atom is -0.274 e. The number of benzene rings is 3. The van der Waals surface area contributed by atoms with E-state index in [2.05, 4.69) is 4.98 Å². The van der Waals surface area contributed by atoms with Gasteiger partial charge >= 0.3 is 0 Å². The lowest BCUT2D eigenvalue weighted by molar-refractivity contribution is 0.585. The number of pyridine rings is 2. The van der Waals surface area contributed by atoms with Crippen molar-refractivity contribution in [2.75, 3.05) is 0 Å². The van der Waals surface area contributed by atoms with Gasteiger partial charge in [-0.05, 0) is 48.5 Å². The Morgan fingerprint density at radius 2 is 1.31 bits per heavy atom. The van der Waals surface area contributed by atoms with Crippen molar-refractivity contribution in [2.24, 2.45) is 0 Å². The molecule has 0 spiro atoms. The minimum absolute atomic E-state index is 0.00986. The van der Waals surface area contributed by atoms with Crippen molar-refractivity contribution in [1.29, 1.82) is 0 Å². The van der Waals surface area contributed by atoms with Crippen LogP contribution < -0.4 is 5.56 Å². The lowest BCUT2D eigenvalue weighted by Crippen LogP contribution is -2.18. The number of halogens is 6. The van der Waals surface area contributed by atoms with Crippen molar-refractivity contribution in [3.8, 4) is 28.2 Å². The molecule has 0 N–H and O–H groups in total. The van der Waals surface area contributed by atoms with Gasteiger partial charge in [-0.1, -0.05) is 29.3 Å². The molecule has 0 fully saturated rings. The maximum absolute atomic E-state index is 14.8. The Labute approximate surface area is 205 Å². The highest BCUT2D eigenvalue weighted by molar-refractivity contribution is 6.37. The molecule has 174 valence electrons. The molecule has 0 aliphatic carbocycles. The van der Waals surface area contributed by atoms with E-state index in [1.165, 1.54) is 47.0 Å². The third-order valence-electron chi connectivity index (χ3n) is 5.45. The van der Waals surface area contributed by atoms with Gasteiger partial charge in [0, 0.05) is 34.7 Å². The van der Waals surface area contributed by atoms with Crippen LogP contribution in [-0.2, 0) is 0 Å². The summed E-state index contributed by atoms with van der Waals surface area (Å²) in [5.74, 6) is -3.42. The average Bonchev–Trinajstić information content (AvgIpc) is 2.80. The highest BCUT2D eigenvalue weighted by Crippen LogP contribution is 2.36. The molecular formula is C26H12Cl2F4N2O. The van der Waals surface area contributed by atoms with Crippen LogP contribution in [-0.4, -0.2) is 9.55 Å². The van der Waals surface area contributed by atoms with Crippen molar-refractivity contribution >= 4 is 34.1 Å². The average molecular weight is 515 g/mol. The third-order valence-corrected chi connectivity index (χ3v) is 6.06. The molecule has 0 aliphatic rings. The van der Waals surface area contributed by atoms with Gasteiger partial charge in [-0.15, -0.1) is 0 Å². The monoisotopic (exact) mass is 514 g/mol. The molecule has 3 nitrogen and oxygen atoms in total. The molecule has 35 heavy (non-hydrogen) atoms. The molecule has 5 rings (SSSR count). The van der Waals surface area contributed by atoms with E-state index in [1.54, 1.807) is 6.07 Å². The Morgan fingerprint density at radius 3 is 1.91 bits per heavy atom. The number of fused-ring (bicyclic) bond motifs is 1. The van der Waals surface area contributed by atoms with Crippen LogP contribution in [0.15, 0.2) is 77.6 Å². The molecule has 0 unspecified atom stereocenters. The normalized spacial score (nSPS) is 11.3. The zero-order chi connectivity index (χ0) is 24.9. The van der Waals surface area contributed by atoms with Gasteiger partial charge in [0.05, 0.1) is 32.6 Å². The quantitative estimate of drug-likeness (QED) is 0.232. The summed E-state index contributed by atoms with van der Waals surface area (Å²) in [4.78, 5) is 17.5. The van der Waals surface area contributed by atoms with Crippen molar-refractivity contribution < 1.29 is 17.6 Å². The van der Waals surface area contributed by atoms with Gasteiger partial charge in [-0.25, -0.2) is 22.5 Å². The Bertz CT molecular complexity index is 1680. The van der Waals surface area contributed by atoms with E-state index in [9.17, 15) is 22.4 Å². The summed E-state index contributed by atoms with van der Waals surface area (Å²) in [6.07, 6.45) is 0. The molecule has 0 saturated carbocycles. The highest BCUT2D eigenvalue weighted by Gasteiger charge is 2.20. The van der Waals surface area contributed by atoms with Crippen molar-refractivity contribution in [1.82, 2.24) is 9.55 Å². The molecule has 0 amide bonds. The molecular weight excluding hydrogens is 503 g/mol. The van der Waals surface area contributed by atoms with E-state index in [0.717, 1.165) is 12.1 Å². The summed E-state index contributed by atoms with van der Waals surface area (Å²) in [5, 5.41) is 0.609.